The molecule has 100 valence electrons. The zero-order valence-corrected chi connectivity index (χ0v) is 11.7. The fourth-order valence-electron chi connectivity index (χ4n) is 3.63. The molecule has 2 nitrogen and oxygen atoms in total. The molecular weight excluding hydrogens is 208 g/mol. The molecule has 2 fully saturated rings. The number of hydrogen-bond acceptors (Lipinski definition) is 2. The van der Waals surface area contributed by atoms with E-state index >= 15 is 0 Å². The van der Waals surface area contributed by atoms with Crippen molar-refractivity contribution in [2.75, 3.05) is 19.6 Å². The molecule has 0 aromatic rings. The molecule has 0 amide bonds. The Morgan fingerprint density at radius 2 is 1.82 bits per heavy atom. The summed E-state index contributed by atoms with van der Waals surface area (Å²) in [4.78, 5) is 0. The summed E-state index contributed by atoms with van der Waals surface area (Å²) < 4.78 is 0. The maximum Gasteiger partial charge on any atom is 0.00201 e. The second-order valence-electron chi connectivity index (χ2n) is 7.13. The van der Waals surface area contributed by atoms with Crippen molar-refractivity contribution in [2.45, 2.75) is 58.8 Å². The van der Waals surface area contributed by atoms with Crippen LogP contribution >= 0.6 is 0 Å². The third-order valence-corrected chi connectivity index (χ3v) is 5.39. The van der Waals surface area contributed by atoms with Crippen LogP contribution in [0.4, 0.5) is 0 Å². The molecule has 0 spiro atoms. The average Bonchev–Trinajstić information content (AvgIpc) is 2.76. The molecule has 0 aromatic heterocycles. The molecule has 0 aliphatic heterocycles. The lowest BCUT2D eigenvalue weighted by Crippen LogP contribution is -2.47. The standard InChI is InChI=1S/C15H30N2/c1-14(2,13-6-3-4-7-13)11-17-12-15(10-16)8-5-9-15/h13,17H,3-12,16H2,1-2H3. The molecule has 0 radical (unpaired) electrons. The fraction of sp³-hybridized carbons (Fsp3) is 1.00. The summed E-state index contributed by atoms with van der Waals surface area (Å²) in [6, 6.07) is 0. The molecular formula is C15H30N2. The summed E-state index contributed by atoms with van der Waals surface area (Å²) in [5.41, 5.74) is 6.82. The van der Waals surface area contributed by atoms with Crippen LogP contribution in [0.5, 0.6) is 0 Å². The second-order valence-corrected chi connectivity index (χ2v) is 7.13. The Hall–Kier alpha value is -0.0800. The molecule has 0 aromatic carbocycles. The Kier molecular flexibility index (Phi) is 4.14. The first-order valence-corrected chi connectivity index (χ1v) is 7.49. The Morgan fingerprint density at radius 1 is 1.18 bits per heavy atom. The molecule has 3 N–H and O–H groups in total. The van der Waals surface area contributed by atoms with Gasteiger partial charge in [0.15, 0.2) is 0 Å². The topological polar surface area (TPSA) is 38.0 Å². The number of nitrogens with two attached hydrogens (primary N) is 1. The van der Waals surface area contributed by atoms with Gasteiger partial charge in [0, 0.05) is 13.1 Å². The van der Waals surface area contributed by atoms with E-state index in [0.29, 0.717) is 10.8 Å². The van der Waals surface area contributed by atoms with E-state index in [-0.39, 0.29) is 0 Å². The summed E-state index contributed by atoms with van der Waals surface area (Å²) in [6.45, 7) is 8.04. The molecule has 0 saturated heterocycles. The highest BCUT2D eigenvalue weighted by Crippen LogP contribution is 2.41. The van der Waals surface area contributed by atoms with Crippen molar-refractivity contribution in [1.82, 2.24) is 5.32 Å². The predicted octanol–water partition coefficient (Wildman–Crippen LogP) is 2.92. The fourth-order valence-corrected chi connectivity index (χ4v) is 3.63. The SMILES string of the molecule is CC(C)(CNCC1(CN)CCC1)C1CCCC1. The van der Waals surface area contributed by atoms with Crippen LogP contribution in [0.2, 0.25) is 0 Å². The number of rotatable bonds is 6. The predicted molar refractivity (Wildman–Crippen MR) is 73.9 cm³/mol. The first kappa shape index (κ1) is 13.4. The molecule has 2 aliphatic carbocycles. The van der Waals surface area contributed by atoms with Gasteiger partial charge >= 0.3 is 0 Å². The summed E-state index contributed by atoms with van der Waals surface area (Å²) in [5, 5.41) is 3.72. The molecule has 2 saturated carbocycles. The van der Waals surface area contributed by atoms with Gasteiger partial charge in [-0.3, -0.25) is 0 Å². The van der Waals surface area contributed by atoms with Crippen molar-refractivity contribution in [3.63, 3.8) is 0 Å². The molecule has 0 unspecified atom stereocenters. The molecule has 0 bridgehead atoms. The first-order valence-electron chi connectivity index (χ1n) is 7.49. The summed E-state index contributed by atoms with van der Waals surface area (Å²) in [5.74, 6) is 0.935. The van der Waals surface area contributed by atoms with Crippen molar-refractivity contribution in [3.05, 3.63) is 0 Å². The maximum absolute atomic E-state index is 5.90. The van der Waals surface area contributed by atoms with Crippen LogP contribution in [-0.2, 0) is 0 Å². The van der Waals surface area contributed by atoms with Crippen molar-refractivity contribution >= 4 is 0 Å². The van der Waals surface area contributed by atoms with E-state index in [1.165, 1.54) is 51.5 Å². The van der Waals surface area contributed by atoms with E-state index in [4.69, 9.17) is 5.73 Å². The average molecular weight is 238 g/mol. The quantitative estimate of drug-likeness (QED) is 0.746. The summed E-state index contributed by atoms with van der Waals surface area (Å²) in [7, 11) is 0. The van der Waals surface area contributed by atoms with E-state index in [1.54, 1.807) is 0 Å². The van der Waals surface area contributed by atoms with Gasteiger partial charge < -0.3 is 11.1 Å². The second kappa shape index (κ2) is 5.27. The largest absolute Gasteiger partial charge is 0.330 e. The van der Waals surface area contributed by atoms with Crippen LogP contribution in [0.15, 0.2) is 0 Å². The summed E-state index contributed by atoms with van der Waals surface area (Å²) >= 11 is 0. The lowest BCUT2D eigenvalue weighted by atomic mass is 9.68. The maximum atomic E-state index is 5.90. The van der Waals surface area contributed by atoms with Crippen molar-refractivity contribution < 1.29 is 0 Å². The van der Waals surface area contributed by atoms with Gasteiger partial charge in [0.05, 0.1) is 0 Å². The minimum atomic E-state index is 0.450. The Balaban J connectivity index is 1.73. The number of hydrogen-bond donors (Lipinski definition) is 2. The lowest BCUT2D eigenvalue weighted by molar-refractivity contribution is 0.125. The van der Waals surface area contributed by atoms with Crippen molar-refractivity contribution in [1.29, 1.82) is 0 Å². The van der Waals surface area contributed by atoms with Gasteiger partial charge in [0.25, 0.3) is 0 Å². The molecule has 2 aliphatic rings. The van der Waals surface area contributed by atoms with Crippen molar-refractivity contribution in [2.24, 2.45) is 22.5 Å². The zero-order valence-electron chi connectivity index (χ0n) is 11.7. The first-order chi connectivity index (χ1) is 8.08. The van der Waals surface area contributed by atoms with Gasteiger partial charge in [0.2, 0.25) is 0 Å². The highest BCUT2D eigenvalue weighted by atomic mass is 14.9. The molecule has 0 atom stereocenters. The smallest absolute Gasteiger partial charge is 0.00201 e. The molecule has 17 heavy (non-hydrogen) atoms. The van der Waals surface area contributed by atoms with Crippen LogP contribution in [0.1, 0.15) is 58.8 Å². The van der Waals surface area contributed by atoms with E-state index in [9.17, 15) is 0 Å². The van der Waals surface area contributed by atoms with Crippen LogP contribution in [0.25, 0.3) is 0 Å². The summed E-state index contributed by atoms with van der Waals surface area (Å²) in [6.07, 6.45) is 9.82. The normalized spacial score (nSPS) is 24.9. The number of nitrogens with one attached hydrogen (secondary N) is 1. The third-order valence-electron chi connectivity index (χ3n) is 5.39. The van der Waals surface area contributed by atoms with Gasteiger partial charge in [-0.1, -0.05) is 33.1 Å². The Morgan fingerprint density at radius 3 is 2.29 bits per heavy atom. The van der Waals surface area contributed by atoms with Crippen LogP contribution in [0, 0.1) is 16.7 Å². The minimum absolute atomic E-state index is 0.450. The highest BCUT2D eigenvalue weighted by molar-refractivity contribution is 4.92. The monoisotopic (exact) mass is 238 g/mol. The van der Waals surface area contributed by atoms with E-state index < -0.39 is 0 Å². The van der Waals surface area contributed by atoms with E-state index in [1.807, 2.05) is 0 Å². The molecule has 2 rings (SSSR count). The van der Waals surface area contributed by atoms with Crippen LogP contribution in [-0.4, -0.2) is 19.6 Å². The van der Waals surface area contributed by atoms with Gasteiger partial charge in [-0.05, 0) is 49.0 Å². The van der Waals surface area contributed by atoms with Crippen LogP contribution < -0.4 is 11.1 Å². The van der Waals surface area contributed by atoms with E-state index in [0.717, 1.165) is 19.0 Å². The molecule has 0 heterocycles. The Bertz CT molecular complexity index is 232. The van der Waals surface area contributed by atoms with Gasteiger partial charge in [-0.25, -0.2) is 0 Å². The minimum Gasteiger partial charge on any atom is -0.330 e. The van der Waals surface area contributed by atoms with Crippen LogP contribution in [0.3, 0.4) is 0 Å². The van der Waals surface area contributed by atoms with Gasteiger partial charge in [-0.15, -0.1) is 0 Å². The lowest BCUT2D eigenvalue weighted by Gasteiger charge is -2.42. The highest BCUT2D eigenvalue weighted by Gasteiger charge is 2.36. The van der Waals surface area contributed by atoms with E-state index in [2.05, 4.69) is 19.2 Å². The Labute approximate surface area is 107 Å². The van der Waals surface area contributed by atoms with Gasteiger partial charge in [-0.2, -0.15) is 0 Å². The zero-order chi connectivity index (χ0) is 12.4. The van der Waals surface area contributed by atoms with Crippen molar-refractivity contribution in [3.8, 4) is 0 Å². The van der Waals surface area contributed by atoms with Gasteiger partial charge in [0.1, 0.15) is 0 Å². The molecule has 2 heteroatoms. The third kappa shape index (κ3) is 3.03.